The third kappa shape index (κ3) is 1.40. The third-order valence-corrected chi connectivity index (χ3v) is 2.65. The van der Waals surface area contributed by atoms with E-state index < -0.39 is 35.5 Å². The van der Waals surface area contributed by atoms with Crippen molar-refractivity contribution >= 4 is 23.6 Å². The number of hydroxylamine groups is 2. The Hall–Kier alpha value is -1.76. The van der Waals surface area contributed by atoms with Gasteiger partial charge in [0.25, 0.3) is 11.8 Å². The lowest BCUT2D eigenvalue weighted by atomic mass is 9.89. The second-order valence-corrected chi connectivity index (χ2v) is 3.58. The van der Waals surface area contributed by atoms with E-state index in [9.17, 15) is 19.2 Å². The quantitative estimate of drug-likeness (QED) is 0.403. The Kier molecular flexibility index (Phi) is 2.04. The first-order valence-electron chi connectivity index (χ1n) is 4.40. The van der Waals surface area contributed by atoms with Crippen LogP contribution in [0.2, 0.25) is 0 Å². The zero-order chi connectivity index (χ0) is 11.2. The topological polar surface area (TPSA) is 104 Å². The molecule has 0 aromatic heterocycles. The molecule has 2 fully saturated rings. The Bertz CT molecular complexity index is 377. The first-order chi connectivity index (χ1) is 7.00. The van der Waals surface area contributed by atoms with E-state index >= 15 is 0 Å². The van der Waals surface area contributed by atoms with Gasteiger partial charge in [-0.15, -0.1) is 0 Å². The van der Waals surface area contributed by atoms with Gasteiger partial charge < -0.3 is 0 Å². The highest BCUT2D eigenvalue weighted by atomic mass is 16.5. The first kappa shape index (κ1) is 9.78. The number of amides is 4. The summed E-state index contributed by atoms with van der Waals surface area (Å²) in [6.07, 6.45) is -0.322. The minimum atomic E-state index is -0.908. The highest BCUT2D eigenvalue weighted by Crippen LogP contribution is 2.30. The number of nitrogens with one attached hydrogen (secondary N) is 1. The lowest BCUT2D eigenvalue weighted by Gasteiger charge is -2.11. The van der Waals surface area contributed by atoms with Crippen LogP contribution in [-0.2, 0) is 19.2 Å². The number of carbonyl (C=O) groups excluding carboxylic acids is 4. The molecule has 2 unspecified atom stereocenters. The van der Waals surface area contributed by atoms with Gasteiger partial charge in [-0.2, -0.15) is 5.06 Å². The van der Waals surface area contributed by atoms with Gasteiger partial charge in [-0.3, -0.25) is 29.7 Å². The minimum absolute atomic E-state index is 0.0146. The van der Waals surface area contributed by atoms with Crippen LogP contribution >= 0.6 is 0 Å². The van der Waals surface area contributed by atoms with Crippen molar-refractivity contribution in [1.29, 1.82) is 0 Å². The van der Waals surface area contributed by atoms with Gasteiger partial charge in [0, 0.05) is 12.8 Å². The molecule has 80 valence electrons. The number of hydrogen-bond acceptors (Lipinski definition) is 5. The zero-order valence-corrected chi connectivity index (χ0v) is 7.60. The van der Waals surface area contributed by atoms with Gasteiger partial charge in [0.05, 0.1) is 11.8 Å². The summed E-state index contributed by atoms with van der Waals surface area (Å²) in [5.41, 5.74) is 0. The van der Waals surface area contributed by atoms with Crippen LogP contribution in [0.15, 0.2) is 0 Å². The molecule has 2 atom stereocenters. The van der Waals surface area contributed by atoms with Crippen LogP contribution in [0.3, 0.4) is 0 Å². The van der Waals surface area contributed by atoms with E-state index in [4.69, 9.17) is 5.21 Å². The molecular formula is C8H8N2O5. The Labute approximate surface area is 84.0 Å². The van der Waals surface area contributed by atoms with Crippen molar-refractivity contribution in [1.82, 2.24) is 10.4 Å². The van der Waals surface area contributed by atoms with Crippen molar-refractivity contribution < 1.29 is 24.4 Å². The summed E-state index contributed by atoms with van der Waals surface area (Å²) < 4.78 is 0. The minimum Gasteiger partial charge on any atom is -0.296 e. The molecule has 2 rings (SSSR count). The van der Waals surface area contributed by atoms with Gasteiger partial charge in [0.15, 0.2) is 0 Å². The molecule has 2 aliphatic heterocycles. The van der Waals surface area contributed by atoms with Crippen LogP contribution in [0.1, 0.15) is 12.8 Å². The average molecular weight is 212 g/mol. The van der Waals surface area contributed by atoms with E-state index in [0.29, 0.717) is 0 Å². The summed E-state index contributed by atoms with van der Waals surface area (Å²) in [4.78, 5) is 44.4. The van der Waals surface area contributed by atoms with Crippen molar-refractivity contribution in [2.45, 2.75) is 12.8 Å². The van der Waals surface area contributed by atoms with Gasteiger partial charge in [0.2, 0.25) is 11.8 Å². The highest BCUT2D eigenvalue weighted by Gasteiger charge is 2.48. The molecule has 2 heterocycles. The molecule has 0 bridgehead atoms. The van der Waals surface area contributed by atoms with Gasteiger partial charge >= 0.3 is 0 Å². The fourth-order valence-electron chi connectivity index (χ4n) is 1.85. The van der Waals surface area contributed by atoms with E-state index in [-0.39, 0.29) is 17.9 Å². The number of hydrogen-bond donors (Lipinski definition) is 2. The Morgan fingerprint density at radius 1 is 1.13 bits per heavy atom. The van der Waals surface area contributed by atoms with Gasteiger partial charge in [-0.25, -0.2) is 0 Å². The number of carbonyl (C=O) groups is 4. The molecule has 7 nitrogen and oxygen atoms in total. The van der Waals surface area contributed by atoms with Crippen LogP contribution in [0.4, 0.5) is 0 Å². The molecule has 2 aliphatic rings. The smallest absolute Gasteiger partial charge is 0.257 e. The van der Waals surface area contributed by atoms with Gasteiger partial charge in [0.1, 0.15) is 0 Å². The summed E-state index contributed by atoms with van der Waals surface area (Å²) in [5.74, 6) is -4.30. The first-order valence-corrected chi connectivity index (χ1v) is 4.40. The summed E-state index contributed by atoms with van der Waals surface area (Å²) >= 11 is 0. The van der Waals surface area contributed by atoms with Crippen molar-refractivity contribution in [3.8, 4) is 0 Å². The molecular weight excluding hydrogens is 204 g/mol. The molecule has 0 radical (unpaired) electrons. The maximum absolute atomic E-state index is 11.3. The van der Waals surface area contributed by atoms with E-state index in [2.05, 4.69) is 5.32 Å². The van der Waals surface area contributed by atoms with Crippen LogP contribution in [0, 0.1) is 11.8 Å². The van der Waals surface area contributed by atoms with Crippen molar-refractivity contribution in [2.75, 3.05) is 0 Å². The van der Waals surface area contributed by atoms with Gasteiger partial charge in [-0.1, -0.05) is 0 Å². The largest absolute Gasteiger partial charge is 0.296 e. The van der Waals surface area contributed by atoms with Crippen LogP contribution in [-0.4, -0.2) is 33.9 Å². The molecule has 0 aromatic rings. The molecule has 0 saturated carbocycles. The highest BCUT2D eigenvalue weighted by molar-refractivity contribution is 6.09. The number of imide groups is 2. The standard InChI is InChI=1S/C8H8N2O5/c11-5-1-3(7(13)9-5)4-2-6(12)10(15)8(4)14/h3-4,15H,1-2H2,(H,9,11,13). The van der Waals surface area contributed by atoms with Crippen molar-refractivity contribution in [3.05, 3.63) is 0 Å². The summed E-state index contributed by atoms with van der Waals surface area (Å²) in [5, 5.41) is 11.0. The molecule has 2 N–H and O–H groups in total. The Morgan fingerprint density at radius 2 is 1.80 bits per heavy atom. The normalized spacial score (nSPS) is 31.4. The number of nitrogens with zero attached hydrogens (tertiary/aromatic N) is 1. The molecule has 4 amide bonds. The lowest BCUT2D eigenvalue weighted by molar-refractivity contribution is -0.173. The predicted molar refractivity (Wildman–Crippen MR) is 43.0 cm³/mol. The third-order valence-electron chi connectivity index (χ3n) is 2.65. The molecule has 0 aliphatic carbocycles. The van der Waals surface area contributed by atoms with Crippen LogP contribution in [0.5, 0.6) is 0 Å². The Balaban J connectivity index is 2.19. The summed E-state index contributed by atoms with van der Waals surface area (Å²) in [7, 11) is 0. The maximum atomic E-state index is 11.3. The van der Waals surface area contributed by atoms with E-state index in [1.54, 1.807) is 0 Å². The van der Waals surface area contributed by atoms with E-state index in [1.807, 2.05) is 0 Å². The van der Waals surface area contributed by atoms with Crippen molar-refractivity contribution in [2.24, 2.45) is 11.8 Å². The second kappa shape index (κ2) is 3.13. The maximum Gasteiger partial charge on any atom is 0.257 e. The fourth-order valence-corrected chi connectivity index (χ4v) is 1.85. The van der Waals surface area contributed by atoms with Crippen LogP contribution in [0.25, 0.3) is 0 Å². The van der Waals surface area contributed by atoms with Gasteiger partial charge in [-0.05, 0) is 0 Å². The molecule has 7 heteroatoms. The second-order valence-electron chi connectivity index (χ2n) is 3.58. The SMILES string of the molecule is O=C1CC(C2CC(=O)N(O)C2=O)C(=O)N1. The molecule has 0 aromatic carbocycles. The Morgan fingerprint density at radius 3 is 2.20 bits per heavy atom. The molecule has 15 heavy (non-hydrogen) atoms. The van der Waals surface area contributed by atoms with Crippen LogP contribution < -0.4 is 5.32 Å². The summed E-state index contributed by atoms with van der Waals surface area (Å²) in [6.45, 7) is 0. The fraction of sp³-hybridized carbons (Fsp3) is 0.500. The van der Waals surface area contributed by atoms with E-state index in [0.717, 1.165) is 0 Å². The molecule has 2 saturated heterocycles. The predicted octanol–water partition coefficient (Wildman–Crippen LogP) is -1.59. The molecule has 0 spiro atoms. The lowest BCUT2D eigenvalue weighted by Crippen LogP contribution is -2.32. The average Bonchev–Trinajstić information content (AvgIpc) is 2.61. The monoisotopic (exact) mass is 212 g/mol. The number of rotatable bonds is 1. The zero-order valence-electron chi connectivity index (χ0n) is 7.60. The van der Waals surface area contributed by atoms with Crippen molar-refractivity contribution in [3.63, 3.8) is 0 Å². The summed E-state index contributed by atoms with van der Waals surface area (Å²) in [6, 6.07) is 0. The van der Waals surface area contributed by atoms with E-state index in [1.165, 1.54) is 0 Å².